The number of likely N-dealkylation sites (N-methyl/N-ethyl adjacent to an activating group) is 1. The fourth-order valence-electron chi connectivity index (χ4n) is 2.03. The lowest BCUT2D eigenvalue weighted by Crippen LogP contribution is -2.50. The Kier molecular flexibility index (Phi) is 7.10. The fourth-order valence-corrected chi connectivity index (χ4v) is 3.23. The van der Waals surface area contributed by atoms with Crippen molar-refractivity contribution in [3.8, 4) is 0 Å². The number of benzene rings is 1. The van der Waals surface area contributed by atoms with E-state index in [-0.39, 0.29) is 5.97 Å². The number of thioether (sulfide) groups is 1. The second-order valence-corrected chi connectivity index (χ2v) is 6.08. The molecule has 0 aliphatic rings. The molecular weight excluding hydrogens is 270 g/mol. The fraction of sp³-hybridized carbons (Fsp3) is 0.562. The highest BCUT2D eigenvalue weighted by Gasteiger charge is 2.33. The van der Waals surface area contributed by atoms with Crippen LogP contribution in [0.15, 0.2) is 29.2 Å². The van der Waals surface area contributed by atoms with Crippen LogP contribution in [0.5, 0.6) is 0 Å². The summed E-state index contributed by atoms with van der Waals surface area (Å²) >= 11 is 1.79. The first-order valence-corrected chi connectivity index (χ1v) is 8.12. The van der Waals surface area contributed by atoms with E-state index >= 15 is 0 Å². The van der Waals surface area contributed by atoms with Gasteiger partial charge in [-0.15, -0.1) is 11.8 Å². The maximum Gasteiger partial charge on any atom is 0.326 e. The zero-order valence-corrected chi connectivity index (χ0v) is 13.7. The molecule has 0 radical (unpaired) electrons. The molecule has 0 amide bonds. The molecule has 0 heterocycles. The van der Waals surface area contributed by atoms with Crippen molar-refractivity contribution in [2.45, 2.75) is 44.6 Å². The van der Waals surface area contributed by atoms with Crippen LogP contribution in [0.4, 0.5) is 0 Å². The van der Waals surface area contributed by atoms with Gasteiger partial charge in [-0.3, -0.25) is 4.79 Å². The Morgan fingerprint density at radius 2 is 2.05 bits per heavy atom. The Bertz CT molecular complexity index is 436. The lowest BCUT2D eigenvalue weighted by atomic mass is 9.99. The minimum absolute atomic E-state index is 0.160. The number of esters is 1. The molecule has 1 atom stereocenters. The molecule has 3 nitrogen and oxygen atoms in total. The lowest BCUT2D eigenvalue weighted by molar-refractivity contribution is -0.150. The Labute approximate surface area is 126 Å². The summed E-state index contributed by atoms with van der Waals surface area (Å²) in [5.74, 6) is 0.722. The van der Waals surface area contributed by atoms with Gasteiger partial charge in [-0.05, 0) is 45.4 Å². The second-order valence-electron chi connectivity index (χ2n) is 4.95. The maximum atomic E-state index is 12.1. The van der Waals surface area contributed by atoms with Crippen LogP contribution >= 0.6 is 11.8 Å². The van der Waals surface area contributed by atoms with E-state index in [1.165, 1.54) is 10.5 Å². The van der Waals surface area contributed by atoms with Crippen molar-refractivity contribution < 1.29 is 9.53 Å². The van der Waals surface area contributed by atoms with Crippen LogP contribution in [0, 0.1) is 6.92 Å². The van der Waals surface area contributed by atoms with E-state index in [1.54, 1.807) is 11.8 Å². The van der Waals surface area contributed by atoms with Gasteiger partial charge in [0.2, 0.25) is 0 Å². The summed E-state index contributed by atoms with van der Waals surface area (Å²) < 4.78 is 5.18. The number of nitrogens with one attached hydrogen (secondary N) is 1. The smallest absolute Gasteiger partial charge is 0.326 e. The monoisotopic (exact) mass is 295 g/mol. The molecule has 0 aromatic heterocycles. The normalized spacial score (nSPS) is 13.8. The van der Waals surface area contributed by atoms with Crippen LogP contribution in [0.1, 0.15) is 32.8 Å². The Hall–Kier alpha value is -1.00. The van der Waals surface area contributed by atoms with E-state index in [4.69, 9.17) is 4.74 Å². The second kappa shape index (κ2) is 8.32. The van der Waals surface area contributed by atoms with Crippen molar-refractivity contribution >= 4 is 17.7 Å². The summed E-state index contributed by atoms with van der Waals surface area (Å²) in [5, 5.41) is 3.26. The van der Waals surface area contributed by atoms with E-state index < -0.39 is 5.54 Å². The molecule has 0 aliphatic heterocycles. The molecule has 0 saturated carbocycles. The summed E-state index contributed by atoms with van der Waals surface area (Å²) in [5.41, 5.74) is 0.680. The van der Waals surface area contributed by atoms with Crippen molar-refractivity contribution in [2.24, 2.45) is 0 Å². The molecule has 0 spiro atoms. The Morgan fingerprint density at radius 1 is 1.35 bits per heavy atom. The number of hydrogen-bond donors (Lipinski definition) is 1. The third-order valence-corrected chi connectivity index (χ3v) is 4.42. The molecule has 1 unspecified atom stereocenters. The highest BCUT2D eigenvalue weighted by Crippen LogP contribution is 2.25. The first kappa shape index (κ1) is 17.1. The molecule has 1 rings (SSSR count). The van der Waals surface area contributed by atoms with Gasteiger partial charge in [0.25, 0.3) is 0 Å². The first-order valence-electron chi connectivity index (χ1n) is 7.14. The minimum atomic E-state index is -0.597. The highest BCUT2D eigenvalue weighted by atomic mass is 32.2. The van der Waals surface area contributed by atoms with Gasteiger partial charge < -0.3 is 10.1 Å². The molecule has 112 valence electrons. The van der Waals surface area contributed by atoms with Crippen LogP contribution < -0.4 is 5.32 Å². The SMILES string of the molecule is CCNC(C)(CCSc1ccccc1C)C(=O)OCC. The van der Waals surface area contributed by atoms with Crippen molar-refractivity contribution in [3.63, 3.8) is 0 Å². The van der Waals surface area contributed by atoms with Gasteiger partial charge in [-0.2, -0.15) is 0 Å². The van der Waals surface area contributed by atoms with E-state index in [0.29, 0.717) is 6.61 Å². The molecule has 1 aromatic rings. The van der Waals surface area contributed by atoms with Crippen LogP contribution in [-0.4, -0.2) is 30.4 Å². The molecule has 1 N–H and O–H groups in total. The summed E-state index contributed by atoms with van der Waals surface area (Å²) in [7, 11) is 0. The number of carbonyl (C=O) groups is 1. The van der Waals surface area contributed by atoms with Gasteiger partial charge in [-0.25, -0.2) is 0 Å². The molecular formula is C16H25NO2S. The predicted molar refractivity (Wildman–Crippen MR) is 85.2 cm³/mol. The zero-order valence-electron chi connectivity index (χ0n) is 12.9. The topological polar surface area (TPSA) is 38.3 Å². The standard InChI is InChI=1S/C16H25NO2S/c1-5-17-16(4,15(18)19-6-2)11-12-20-14-10-8-7-9-13(14)3/h7-10,17H,5-6,11-12H2,1-4H3. The molecule has 0 aliphatic carbocycles. The van der Waals surface area contributed by atoms with E-state index in [2.05, 4.69) is 24.4 Å². The quantitative estimate of drug-likeness (QED) is 0.589. The Morgan fingerprint density at radius 3 is 2.65 bits per heavy atom. The summed E-state index contributed by atoms with van der Waals surface area (Å²) in [6.07, 6.45) is 0.749. The number of carbonyl (C=O) groups excluding carboxylic acids is 1. The molecule has 1 aromatic carbocycles. The van der Waals surface area contributed by atoms with E-state index in [0.717, 1.165) is 18.7 Å². The van der Waals surface area contributed by atoms with Crippen molar-refractivity contribution in [1.82, 2.24) is 5.32 Å². The van der Waals surface area contributed by atoms with Gasteiger partial charge in [0.05, 0.1) is 6.61 Å². The van der Waals surface area contributed by atoms with Gasteiger partial charge in [0.15, 0.2) is 0 Å². The lowest BCUT2D eigenvalue weighted by Gasteiger charge is -2.28. The van der Waals surface area contributed by atoms with Gasteiger partial charge >= 0.3 is 5.97 Å². The summed E-state index contributed by atoms with van der Waals surface area (Å²) in [4.78, 5) is 13.3. The summed E-state index contributed by atoms with van der Waals surface area (Å²) in [6.45, 7) is 9.05. The average Bonchev–Trinajstić information content (AvgIpc) is 2.41. The molecule has 0 fully saturated rings. The Balaban J connectivity index is 2.59. The molecule has 4 heteroatoms. The van der Waals surface area contributed by atoms with Gasteiger partial charge in [-0.1, -0.05) is 25.1 Å². The van der Waals surface area contributed by atoms with Gasteiger partial charge in [0.1, 0.15) is 5.54 Å². The van der Waals surface area contributed by atoms with Crippen LogP contribution in [0.2, 0.25) is 0 Å². The predicted octanol–water partition coefficient (Wildman–Crippen LogP) is 3.41. The van der Waals surface area contributed by atoms with E-state index in [9.17, 15) is 4.79 Å². The minimum Gasteiger partial charge on any atom is -0.465 e. The average molecular weight is 295 g/mol. The molecule has 0 bridgehead atoms. The van der Waals surface area contributed by atoms with Crippen molar-refractivity contribution in [3.05, 3.63) is 29.8 Å². The van der Waals surface area contributed by atoms with Crippen LogP contribution in [0.25, 0.3) is 0 Å². The number of rotatable bonds is 8. The van der Waals surface area contributed by atoms with Crippen molar-refractivity contribution in [2.75, 3.05) is 18.9 Å². The van der Waals surface area contributed by atoms with Crippen LogP contribution in [-0.2, 0) is 9.53 Å². The zero-order chi connectivity index (χ0) is 15.0. The maximum absolute atomic E-state index is 12.1. The molecule has 0 saturated heterocycles. The first-order chi connectivity index (χ1) is 9.53. The van der Waals surface area contributed by atoms with Crippen LogP contribution in [0.3, 0.4) is 0 Å². The van der Waals surface area contributed by atoms with Crippen molar-refractivity contribution in [1.29, 1.82) is 0 Å². The number of aryl methyl sites for hydroxylation is 1. The van der Waals surface area contributed by atoms with E-state index in [1.807, 2.05) is 32.9 Å². The molecule has 20 heavy (non-hydrogen) atoms. The number of hydrogen-bond acceptors (Lipinski definition) is 4. The number of ether oxygens (including phenoxy) is 1. The summed E-state index contributed by atoms with van der Waals surface area (Å²) in [6, 6.07) is 8.32. The highest BCUT2D eigenvalue weighted by molar-refractivity contribution is 7.99. The third kappa shape index (κ3) is 4.84. The third-order valence-electron chi connectivity index (χ3n) is 3.25. The van der Waals surface area contributed by atoms with Gasteiger partial charge in [0, 0.05) is 10.6 Å². The largest absolute Gasteiger partial charge is 0.465 e.